The maximum atomic E-state index is 13.0. The molecule has 0 bridgehead atoms. The molecule has 0 aliphatic carbocycles. The van der Waals surface area contributed by atoms with Gasteiger partial charge < -0.3 is 4.74 Å². The maximum absolute atomic E-state index is 13.0. The van der Waals surface area contributed by atoms with Crippen LogP contribution in [0.1, 0.15) is 53.3 Å². The Morgan fingerprint density at radius 1 is 1.12 bits per heavy atom. The lowest BCUT2D eigenvalue weighted by Gasteiger charge is -2.33. The summed E-state index contributed by atoms with van der Waals surface area (Å²) in [7, 11) is 0. The molecule has 2 amide bonds. The Hall–Kier alpha value is -2.95. The molecule has 134 valence electrons. The van der Waals surface area contributed by atoms with Crippen LogP contribution in [0.3, 0.4) is 0 Å². The van der Waals surface area contributed by atoms with E-state index in [9.17, 15) is 14.4 Å². The number of carbonyl (C=O) groups excluding carboxylic acids is 3. The second-order valence-corrected chi connectivity index (χ2v) is 6.28. The minimum Gasteiger partial charge on any atom is -0.438 e. The van der Waals surface area contributed by atoms with E-state index in [1.807, 2.05) is 12.1 Å². The van der Waals surface area contributed by atoms with Gasteiger partial charge in [0, 0.05) is 29.0 Å². The lowest BCUT2D eigenvalue weighted by Crippen LogP contribution is -2.48. The van der Waals surface area contributed by atoms with E-state index in [0.29, 0.717) is 22.9 Å². The van der Waals surface area contributed by atoms with Crippen LogP contribution in [0.2, 0.25) is 0 Å². The Balaban J connectivity index is 2.02. The van der Waals surface area contributed by atoms with Crippen molar-refractivity contribution in [1.29, 1.82) is 0 Å². The summed E-state index contributed by atoms with van der Waals surface area (Å²) < 4.78 is 5.36. The Morgan fingerprint density at radius 3 is 2.27 bits per heavy atom. The van der Waals surface area contributed by atoms with Gasteiger partial charge in [-0.3, -0.25) is 9.59 Å². The van der Waals surface area contributed by atoms with Crippen molar-refractivity contribution in [2.75, 3.05) is 0 Å². The van der Waals surface area contributed by atoms with E-state index in [-0.39, 0.29) is 0 Å². The number of carbonyl (C=O) groups is 3. The number of rotatable bonds is 7. The highest BCUT2D eigenvalue weighted by Gasteiger charge is 2.38. The smallest absolute Gasteiger partial charge is 0.332 e. The van der Waals surface area contributed by atoms with Crippen molar-refractivity contribution in [2.45, 2.75) is 38.8 Å². The van der Waals surface area contributed by atoms with E-state index >= 15 is 0 Å². The van der Waals surface area contributed by atoms with Gasteiger partial charge in [0.25, 0.3) is 11.8 Å². The van der Waals surface area contributed by atoms with E-state index < -0.39 is 24.0 Å². The lowest BCUT2D eigenvalue weighted by molar-refractivity contribution is -0.149. The summed E-state index contributed by atoms with van der Waals surface area (Å²) in [5.41, 5.74) is 0.903. The van der Waals surface area contributed by atoms with Gasteiger partial charge >= 0.3 is 5.97 Å². The molecule has 3 rings (SSSR count). The summed E-state index contributed by atoms with van der Waals surface area (Å²) in [6, 6.07) is 10.7. The molecular formula is C21H21NO4. The molecule has 1 atom stereocenters. The minimum absolute atomic E-state index is 0.406. The van der Waals surface area contributed by atoms with Gasteiger partial charge in [0.15, 0.2) is 6.23 Å². The zero-order valence-electron chi connectivity index (χ0n) is 14.7. The van der Waals surface area contributed by atoms with Gasteiger partial charge in [-0.05, 0) is 23.9 Å². The van der Waals surface area contributed by atoms with Gasteiger partial charge in [0.1, 0.15) is 0 Å². The molecule has 0 radical (unpaired) electrons. The summed E-state index contributed by atoms with van der Waals surface area (Å²) in [6.45, 7) is 5.45. The Bertz CT molecular complexity index is 836. The molecule has 0 saturated heterocycles. The maximum Gasteiger partial charge on any atom is 0.332 e. The van der Waals surface area contributed by atoms with Gasteiger partial charge in [-0.15, -0.1) is 0 Å². The number of unbranched alkanes of at least 4 members (excludes halogenated alkanes) is 2. The van der Waals surface area contributed by atoms with Crippen LogP contribution in [0.4, 0.5) is 0 Å². The molecule has 0 N–H and O–H groups in total. The van der Waals surface area contributed by atoms with E-state index in [2.05, 4.69) is 13.5 Å². The molecule has 1 aliphatic heterocycles. The highest BCUT2D eigenvalue weighted by molar-refractivity contribution is 6.25. The van der Waals surface area contributed by atoms with Gasteiger partial charge in [0.05, 0.1) is 0 Å². The van der Waals surface area contributed by atoms with E-state index in [1.54, 1.807) is 24.3 Å². The van der Waals surface area contributed by atoms with Gasteiger partial charge in [-0.2, -0.15) is 0 Å². The van der Waals surface area contributed by atoms with Crippen LogP contribution in [-0.2, 0) is 9.53 Å². The van der Waals surface area contributed by atoms with Crippen molar-refractivity contribution in [2.24, 2.45) is 0 Å². The second-order valence-electron chi connectivity index (χ2n) is 6.28. The van der Waals surface area contributed by atoms with Crippen molar-refractivity contribution >= 4 is 28.6 Å². The third kappa shape index (κ3) is 3.12. The summed E-state index contributed by atoms with van der Waals surface area (Å²) in [6.07, 6.45) is 3.16. The average molecular weight is 351 g/mol. The first-order valence-electron chi connectivity index (χ1n) is 8.81. The Labute approximate surface area is 152 Å². The Kier molecular flexibility index (Phi) is 5.16. The molecule has 2 aromatic rings. The van der Waals surface area contributed by atoms with Crippen LogP contribution in [0, 0.1) is 0 Å². The fourth-order valence-corrected chi connectivity index (χ4v) is 3.30. The number of hydrogen-bond acceptors (Lipinski definition) is 4. The highest BCUT2D eigenvalue weighted by atomic mass is 16.6. The van der Waals surface area contributed by atoms with Gasteiger partial charge in [0.2, 0.25) is 0 Å². The first-order chi connectivity index (χ1) is 12.6. The molecule has 1 aliphatic rings. The standard InChI is InChI=1S/C21H21NO4/c1-3-5-6-13-17(26-18(23)4-2)22-20(24)15-11-7-9-14-10-8-12-16(19(14)15)21(22)25/h4,7-12,17H,2-3,5-6,13H2,1H3. The lowest BCUT2D eigenvalue weighted by atomic mass is 9.93. The van der Waals surface area contributed by atoms with Crippen LogP contribution < -0.4 is 0 Å². The zero-order valence-corrected chi connectivity index (χ0v) is 14.7. The van der Waals surface area contributed by atoms with E-state index in [4.69, 9.17) is 4.74 Å². The molecule has 0 saturated carbocycles. The number of hydrogen-bond donors (Lipinski definition) is 0. The molecule has 5 heteroatoms. The number of benzene rings is 2. The van der Waals surface area contributed by atoms with Crippen LogP contribution >= 0.6 is 0 Å². The minimum atomic E-state index is -0.935. The average Bonchev–Trinajstić information content (AvgIpc) is 2.65. The van der Waals surface area contributed by atoms with Crippen LogP contribution in [0.15, 0.2) is 49.1 Å². The van der Waals surface area contributed by atoms with E-state index in [0.717, 1.165) is 35.6 Å². The highest BCUT2D eigenvalue weighted by Crippen LogP contribution is 2.32. The molecule has 0 aromatic heterocycles. The van der Waals surface area contributed by atoms with Crippen molar-refractivity contribution in [3.8, 4) is 0 Å². The fraction of sp³-hybridized carbons (Fsp3) is 0.286. The third-order valence-corrected chi connectivity index (χ3v) is 4.56. The van der Waals surface area contributed by atoms with Crippen LogP contribution in [0.5, 0.6) is 0 Å². The number of amides is 2. The molecule has 2 aromatic carbocycles. The fourth-order valence-electron chi connectivity index (χ4n) is 3.30. The largest absolute Gasteiger partial charge is 0.438 e. The number of ether oxygens (including phenoxy) is 1. The molecule has 1 unspecified atom stereocenters. The quantitative estimate of drug-likeness (QED) is 0.326. The molecule has 0 spiro atoms. The van der Waals surface area contributed by atoms with Crippen LogP contribution in [-0.4, -0.2) is 28.9 Å². The third-order valence-electron chi connectivity index (χ3n) is 4.56. The van der Waals surface area contributed by atoms with E-state index in [1.165, 1.54) is 0 Å². The van der Waals surface area contributed by atoms with Crippen molar-refractivity contribution < 1.29 is 19.1 Å². The van der Waals surface area contributed by atoms with Gasteiger partial charge in [-0.1, -0.05) is 50.6 Å². The summed E-state index contributed by atoms with van der Waals surface area (Å²) in [4.78, 5) is 38.9. The molecule has 0 fully saturated rings. The summed E-state index contributed by atoms with van der Waals surface area (Å²) in [5.74, 6) is -1.51. The second kappa shape index (κ2) is 7.52. The number of nitrogens with zero attached hydrogens (tertiary/aromatic N) is 1. The first-order valence-corrected chi connectivity index (χ1v) is 8.81. The van der Waals surface area contributed by atoms with Crippen LogP contribution in [0.25, 0.3) is 10.8 Å². The zero-order chi connectivity index (χ0) is 18.7. The molecule has 5 nitrogen and oxygen atoms in total. The predicted molar refractivity (Wildman–Crippen MR) is 98.7 cm³/mol. The summed E-state index contributed by atoms with van der Waals surface area (Å²) >= 11 is 0. The first kappa shape index (κ1) is 17.9. The monoisotopic (exact) mass is 351 g/mol. The SMILES string of the molecule is C=CC(=O)OC(CCCCC)N1C(=O)c2cccc3cccc(c23)C1=O. The van der Waals surface area contributed by atoms with Crippen molar-refractivity contribution in [3.63, 3.8) is 0 Å². The normalized spacial score (nSPS) is 14.4. The number of imide groups is 1. The molecule has 1 heterocycles. The number of esters is 1. The predicted octanol–water partition coefficient (Wildman–Crippen LogP) is 4.07. The summed E-state index contributed by atoms with van der Waals surface area (Å²) in [5, 5.41) is 1.50. The van der Waals surface area contributed by atoms with Crippen molar-refractivity contribution in [3.05, 3.63) is 60.2 Å². The Morgan fingerprint density at radius 2 is 1.73 bits per heavy atom. The topological polar surface area (TPSA) is 63.7 Å². The molecular weight excluding hydrogens is 330 g/mol. The van der Waals surface area contributed by atoms with Crippen molar-refractivity contribution in [1.82, 2.24) is 4.90 Å². The molecule has 26 heavy (non-hydrogen) atoms. The van der Waals surface area contributed by atoms with Gasteiger partial charge in [-0.25, -0.2) is 9.69 Å².